The normalized spacial score (nSPS) is 16.2. The van der Waals surface area contributed by atoms with Gasteiger partial charge in [-0.05, 0) is 37.1 Å². The third-order valence-electron chi connectivity index (χ3n) is 4.22. The van der Waals surface area contributed by atoms with Crippen LogP contribution in [0.1, 0.15) is 28.9 Å². The zero-order chi connectivity index (χ0) is 17.2. The summed E-state index contributed by atoms with van der Waals surface area (Å²) in [5.74, 6) is 0.00107. The number of anilines is 1. The lowest BCUT2D eigenvalue weighted by atomic mass is 9.89. The lowest BCUT2D eigenvalue weighted by Gasteiger charge is -2.32. The van der Waals surface area contributed by atoms with Crippen molar-refractivity contribution in [2.75, 3.05) is 18.0 Å². The van der Waals surface area contributed by atoms with Gasteiger partial charge >= 0.3 is 6.18 Å². The average Bonchev–Trinajstić information content (AvgIpc) is 2.61. The number of alkyl halides is 3. The molecule has 0 N–H and O–H groups in total. The van der Waals surface area contributed by atoms with E-state index in [-0.39, 0.29) is 11.7 Å². The van der Waals surface area contributed by atoms with E-state index in [0.29, 0.717) is 37.2 Å². The number of piperidine rings is 1. The summed E-state index contributed by atoms with van der Waals surface area (Å²) in [4.78, 5) is 21.8. The number of halogens is 3. The van der Waals surface area contributed by atoms with E-state index in [1.807, 2.05) is 4.90 Å². The number of nitrogens with zero attached hydrogens (tertiary/aromatic N) is 3. The van der Waals surface area contributed by atoms with Crippen LogP contribution in [0.2, 0.25) is 0 Å². The van der Waals surface area contributed by atoms with Crippen molar-refractivity contribution in [3.05, 3.63) is 54.1 Å². The minimum Gasteiger partial charge on any atom is -0.370 e. The molecule has 0 bridgehead atoms. The first-order valence-electron chi connectivity index (χ1n) is 7.67. The number of Topliss-reactive ketones (excluding diaryl/α,β-unsaturated/α-hetero) is 1. The van der Waals surface area contributed by atoms with Gasteiger partial charge < -0.3 is 4.90 Å². The highest BCUT2D eigenvalue weighted by Gasteiger charge is 2.32. The molecule has 0 saturated carbocycles. The van der Waals surface area contributed by atoms with E-state index in [2.05, 4.69) is 9.97 Å². The van der Waals surface area contributed by atoms with Crippen molar-refractivity contribution >= 4 is 11.5 Å². The SMILES string of the molecule is O=C(c1cccnc1)C1CCN(c2ccc(C(F)(F)F)nc2)CC1. The molecule has 1 aliphatic rings. The van der Waals surface area contributed by atoms with Crippen molar-refractivity contribution in [1.29, 1.82) is 0 Å². The van der Waals surface area contributed by atoms with Crippen molar-refractivity contribution in [3.63, 3.8) is 0 Å². The van der Waals surface area contributed by atoms with Gasteiger partial charge in [0.1, 0.15) is 5.69 Å². The molecule has 2 aromatic heterocycles. The van der Waals surface area contributed by atoms with Crippen molar-refractivity contribution in [1.82, 2.24) is 9.97 Å². The molecule has 0 aliphatic carbocycles. The second-order valence-corrected chi connectivity index (χ2v) is 5.77. The Bertz CT molecular complexity index is 693. The Morgan fingerprint density at radius 1 is 1.12 bits per heavy atom. The first-order valence-corrected chi connectivity index (χ1v) is 7.67. The van der Waals surface area contributed by atoms with Crippen LogP contribution in [0.4, 0.5) is 18.9 Å². The molecule has 0 amide bonds. The molecule has 1 saturated heterocycles. The molecule has 0 aromatic carbocycles. The van der Waals surface area contributed by atoms with Gasteiger partial charge in [0.15, 0.2) is 5.78 Å². The topological polar surface area (TPSA) is 46.1 Å². The van der Waals surface area contributed by atoms with Gasteiger partial charge in [0.25, 0.3) is 0 Å². The van der Waals surface area contributed by atoms with E-state index < -0.39 is 11.9 Å². The molecule has 0 radical (unpaired) electrons. The fourth-order valence-corrected chi connectivity index (χ4v) is 2.88. The number of carbonyl (C=O) groups is 1. The number of rotatable bonds is 3. The molecule has 7 heteroatoms. The van der Waals surface area contributed by atoms with E-state index in [1.54, 1.807) is 24.5 Å². The van der Waals surface area contributed by atoms with Crippen molar-refractivity contribution < 1.29 is 18.0 Å². The fourth-order valence-electron chi connectivity index (χ4n) is 2.88. The van der Waals surface area contributed by atoms with Gasteiger partial charge in [0, 0.05) is 37.0 Å². The monoisotopic (exact) mass is 335 g/mol. The standard InChI is InChI=1S/C17H16F3N3O/c18-17(19,20)15-4-3-14(11-22-15)23-8-5-12(6-9-23)16(24)13-2-1-7-21-10-13/h1-4,7,10-12H,5-6,8-9H2. The highest BCUT2D eigenvalue weighted by Crippen LogP contribution is 2.30. The van der Waals surface area contributed by atoms with Crippen molar-refractivity contribution in [2.24, 2.45) is 5.92 Å². The average molecular weight is 335 g/mol. The molecular weight excluding hydrogens is 319 g/mol. The molecule has 126 valence electrons. The maximum atomic E-state index is 12.5. The van der Waals surface area contributed by atoms with Gasteiger partial charge in [0.05, 0.1) is 11.9 Å². The predicted octanol–water partition coefficient (Wildman–Crippen LogP) is 3.59. The number of aromatic nitrogens is 2. The van der Waals surface area contributed by atoms with E-state index in [1.165, 1.54) is 12.3 Å². The van der Waals surface area contributed by atoms with Gasteiger partial charge in [-0.1, -0.05) is 0 Å². The van der Waals surface area contributed by atoms with Crippen LogP contribution < -0.4 is 4.90 Å². The molecule has 1 fully saturated rings. The highest BCUT2D eigenvalue weighted by molar-refractivity contribution is 5.97. The maximum absolute atomic E-state index is 12.5. The number of hydrogen-bond acceptors (Lipinski definition) is 4. The summed E-state index contributed by atoms with van der Waals surface area (Å²) in [5.41, 5.74) is 0.357. The number of carbonyl (C=O) groups excluding carboxylic acids is 1. The van der Waals surface area contributed by atoms with Gasteiger partial charge in [-0.25, -0.2) is 4.98 Å². The summed E-state index contributed by atoms with van der Waals surface area (Å²) in [6, 6.07) is 5.90. The Morgan fingerprint density at radius 3 is 2.42 bits per heavy atom. The van der Waals surface area contributed by atoms with Gasteiger partial charge in [-0.2, -0.15) is 13.2 Å². The van der Waals surface area contributed by atoms with Crippen LogP contribution in [0.3, 0.4) is 0 Å². The Morgan fingerprint density at radius 2 is 1.88 bits per heavy atom. The number of hydrogen-bond donors (Lipinski definition) is 0. The summed E-state index contributed by atoms with van der Waals surface area (Å²) < 4.78 is 37.6. The second kappa shape index (κ2) is 6.59. The molecule has 3 rings (SSSR count). The zero-order valence-electron chi connectivity index (χ0n) is 12.8. The van der Waals surface area contributed by atoms with Gasteiger partial charge in [-0.15, -0.1) is 0 Å². The summed E-state index contributed by atoms with van der Waals surface area (Å²) in [6.07, 6.45) is 1.32. The smallest absolute Gasteiger partial charge is 0.370 e. The zero-order valence-corrected chi connectivity index (χ0v) is 12.8. The van der Waals surface area contributed by atoms with Crippen LogP contribution in [-0.2, 0) is 6.18 Å². The number of ketones is 1. The van der Waals surface area contributed by atoms with Crippen LogP contribution >= 0.6 is 0 Å². The first kappa shape index (κ1) is 16.4. The third kappa shape index (κ3) is 3.55. The quantitative estimate of drug-likeness (QED) is 0.804. The highest BCUT2D eigenvalue weighted by atomic mass is 19.4. The van der Waals surface area contributed by atoms with Crippen molar-refractivity contribution in [2.45, 2.75) is 19.0 Å². The van der Waals surface area contributed by atoms with Crippen LogP contribution in [0.15, 0.2) is 42.9 Å². The molecule has 4 nitrogen and oxygen atoms in total. The Hall–Kier alpha value is -2.44. The van der Waals surface area contributed by atoms with E-state index in [4.69, 9.17) is 0 Å². The predicted molar refractivity (Wildman–Crippen MR) is 82.7 cm³/mol. The van der Waals surface area contributed by atoms with Gasteiger partial charge in [0.2, 0.25) is 0 Å². The lowest BCUT2D eigenvalue weighted by molar-refractivity contribution is -0.141. The fraction of sp³-hybridized carbons (Fsp3) is 0.353. The molecule has 3 heterocycles. The molecule has 0 spiro atoms. The molecular formula is C17H16F3N3O. The van der Waals surface area contributed by atoms with Gasteiger partial charge in [-0.3, -0.25) is 9.78 Å². The largest absolute Gasteiger partial charge is 0.433 e. The van der Waals surface area contributed by atoms with Crippen LogP contribution in [0.25, 0.3) is 0 Å². The summed E-state index contributed by atoms with van der Waals surface area (Å²) >= 11 is 0. The Labute approximate surface area is 137 Å². The van der Waals surface area contributed by atoms with E-state index >= 15 is 0 Å². The first-order chi connectivity index (χ1) is 11.4. The Kier molecular flexibility index (Phi) is 4.51. The lowest BCUT2D eigenvalue weighted by Crippen LogP contribution is -2.36. The van der Waals surface area contributed by atoms with E-state index in [0.717, 1.165) is 6.07 Å². The summed E-state index contributed by atoms with van der Waals surface area (Å²) in [6.45, 7) is 1.23. The minimum atomic E-state index is -4.43. The minimum absolute atomic E-state index is 0.0761. The molecule has 1 aliphatic heterocycles. The third-order valence-corrected chi connectivity index (χ3v) is 4.22. The van der Waals surface area contributed by atoms with Crippen molar-refractivity contribution in [3.8, 4) is 0 Å². The maximum Gasteiger partial charge on any atom is 0.433 e. The van der Waals surface area contributed by atoms with Crippen LogP contribution in [-0.4, -0.2) is 28.8 Å². The second-order valence-electron chi connectivity index (χ2n) is 5.77. The summed E-state index contributed by atoms with van der Waals surface area (Å²) in [7, 11) is 0. The molecule has 24 heavy (non-hydrogen) atoms. The van der Waals surface area contributed by atoms with Crippen LogP contribution in [0, 0.1) is 5.92 Å². The summed E-state index contributed by atoms with van der Waals surface area (Å²) in [5, 5.41) is 0. The number of pyridine rings is 2. The van der Waals surface area contributed by atoms with Crippen LogP contribution in [0.5, 0.6) is 0 Å². The molecule has 0 unspecified atom stereocenters. The molecule has 2 aromatic rings. The van der Waals surface area contributed by atoms with E-state index in [9.17, 15) is 18.0 Å². The molecule has 0 atom stereocenters. The Balaban J connectivity index is 1.62.